The van der Waals surface area contributed by atoms with E-state index >= 15 is 0 Å². The molecule has 0 bridgehead atoms. The van der Waals surface area contributed by atoms with Crippen LogP contribution in [-0.4, -0.2) is 31.0 Å². The van der Waals surface area contributed by atoms with E-state index in [9.17, 15) is 5.11 Å². The summed E-state index contributed by atoms with van der Waals surface area (Å²) in [6.45, 7) is 2.20. The number of aromatic hydroxyl groups is 1. The van der Waals surface area contributed by atoms with Gasteiger partial charge in [0.05, 0.1) is 25.3 Å². The molecule has 1 fully saturated rings. The Hall–Kier alpha value is -1.26. The molecule has 2 aliphatic rings. The monoisotopic (exact) mass is 207 g/mol. The summed E-state index contributed by atoms with van der Waals surface area (Å²) in [7, 11) is 0. The highest BCUT2D eigenvalue weighted by Gasteiger charge is 2.29. The van der Waals surface area contributed by atoms with E-state index < -0.39 is 0 Å². The average molecular weight is 207 g/mol. The van der Waals surface area contributed by atoms with Crippen LogP contribution in [-0.2, 0) is 4.74 Å². The molecule has 1 atom stereocenters. The molecule has 4 nitrogen and oxygen atoms in total. The molecule has 0 amide bonds. The van der Waals surface area contributed by atoms with E-state index in [1.54, 1.807) is 12.1 Å². The summed E-state index contributed by atoms with van der Waals surface area (Å²) in [5.41, 5.74) is 1.12. The third-order valence-electron chi connectivity index (χ3n) is 2.85. The summed E-state index contributed by atoms with van der Waals surface area (Å²) in [4.78, 5) is 0. The fourth-order valence-corrected chi connectivity index (χ4v) is 1.95. The number of phenolic OH excluding ortho intramolecular Hbond substituents is 1. The van der Waals surface area contributed by atoms with E-state index in [0.29, 0.717) is 12.6 Å². The first kappa shape index (κ1) is 9.00. The molecule has 3 rings (SSSR count). The molecule has 0 aliphatic carbocycles. The van der Waals surface area contributed by atoms with Crippen LogP contribution in [0.3, 0.4) is 0 Å². The maximum absolute atomic E-state index is 9.30. The highest BCUT2D eigenvalue weighted by molar-refractivity contribution is 5.44. The second-order valence-electron chi connectivity index (χ2n) is 3.99. The summed E-state index contributed by atoms with van der Waals surface area (Å²) < 4.78 is 10.6. The number of benzene rings is 1. The predicted molar refractivity (Wildman–Crippen MR) is 54.1 cm³/mol. The van der Waals surface area contributed by atoms with Crippen molar-refractivity contribution in [1.29, 1.82) is 0 Å². The third kappa shape index (κ3) is 1.56. The molecular weight excluding hydrogens is 194 g/mol. The summed E-state index contributed by atoms with van der Waals surface area (Å²) in [5.74, 6) is 1.04. The number of nitrogens with one attached hydrogen (secondary N) is 1. The highest BCUT2D eigenvalue weighted by Crippen LogP contribution is 2.35. The Morgan fingerprint density at radius 2 is 2.13 bits per heavy atom. The van der Waals surface area contributed by atoms with Gasteiger partial charge < -0.3 is 14.6 Å². The zero-order chi connectivity index (χ0) is 10.3. The van der Waals surface area contributed by atoms with E-state index in [1.807, 2.05) is 6.07 Å². The van der Waals surface area contributed by atoms with Gasteiger partial charge in [-0.25, -0.2) is 0 Å². The zero-order valence-electron chi connectivity index (χ0n) is 8.27. The summed E-state index contributed by atoms with van der Waals surface area (Å²) >= 11 is 0. The van der Waals surface area contributed by atoms with Crippen LogP contribution in [0.1, 0.15) is 11.6 Å². The molecule has 1 unspecified atom stereocenters. The minimum Gasteiger partial charge on any atom is -0.508 e. The van der Waals surface area contributed by atoms with E-state index in [1.165, 1.54) is 0 Å². The first-order chi connectivity index (χ1) is 7.33. The topological polar surface area (TPSA) is 50.7 Å². The lowest BCUT2D eigenvalue weighted by Crippen LogP contribution is -2.47. The van der Waals surface area contributed by atoms with Crippen LogP contribution >= 0.6 is 0 Å². The molecule has 0 aromatic heterocycles. The van der Waals surface area contributed by atoms with Gasteiger partial charge in [-0.15, -0.1) is 0 Å². The summed E-state index contributed by atoms with van der Waals surface area (Å²) in [5, 5.41) is 12.8. The average Bonchev–Trinajstić information content (AvgIpc) is 2.54. The standard InChI is InChI=1S/C11H13NO3/c13-8-1-2-9-10(6-15-11(9)3-8)12-7-4-14-5-7/h1-3,7,10,12-13H,4-6H2. The van der Waals surface area contributed by atoms with Crippen molar-refractivity contribution in [2.75, 3.05) is 19.8 Å². The number of phenols is 1. The van der Waals surface area contributed by atoms with Crippen molar-refractivity contribution in [3.8, 4) is 11.5 Å². The SMILES string of the molecule is Oc1ccc2c(c1)OCC2NC1COC1. The van der Waals surface area contributed by atoms with Gasteiger partial charge >= 0.3 is 0 Å². The van der Waals surface area contributed by atoms with Crippen molar-refractivity contribution >= 4 is 0 Å². The van der Waals surface area contributed by atoms with Gasteiger partial charge in [0.15, 0.2) is 0 Å². The lowest BCUT2D eigenvalue weighted by molar-refractivity contribution is -0.0110. The van der Waals surface area contributed by atoms with Gasteiger partial charge in [-0.1, -0.05) is 0 Å². The van der Waals surface area contributed by atoms with Crippen molar-refractivity contribution in [1.82, 2.24) is 5.32 Å². The summed E-state index contributed by atoms with van der Waals surface area (Å²) in [6, 6.07) is 5.94. The zero-order valence-corrected chi connectivity index (χ0v) is 8.27. The summed E-state index contributed by atoms with van der Waals surface area (Å²) in [6.07, 6.45) is 0. The maximum Gasteiger partial charge on any atom is 0.127 e. The molecule has 1 saturated heterocycles. The predicted octanol–water partition coefficient (Wildman–Crippen LogP) is 0.814. The minimum absolute atomic E-state index is 0.231. The van der Waals surface area contributed by atoms with E-state index in [-0.39, 0.29) is 11.8 Å². The van der Waals surface area contributed by atoms with Crippen LogP contribution in [0.2, 0.25) is 0 Å². The van der Waals surface area contributed by atoms with Crippen LogP contribution in [0.15, 0.2) is 18.2 Å². The Kier molecular flexibility index (Phi) is 2.04. The molecule has 0 saturated carbocycles. The molecule has 80 valence electrons. The van der Waals surface area contributed by atoms with Crippen LogP contribution in [0.25, 0.3) is 0 Å². The molecule has 1 aromatic rings. The molecule has 2 heterocycles. The van der Waals surface area contributed by atoms with E-state index in [0.717, 1.165) is 24.5 Å². The van der Waals surface area contributed by atoms with Gasteiger partial charge in [0.1, 0.15) is 18.1 Å². The third-order valence-corrected chi connectivity index (χ3v) is 2.85. The fraction of sp³-hybridized carbons (Fsp3) is 0.455. The molecule has 0 radical (unpaired) electrons. The van der Waals surface area contributed by atoms with Gasteiger partial charge in [0, 0.05) is 11.6 Å². The smallest absolute Gasteiger partial charge is 0.127 e. The molecule has 2 aliphatic heterocycles. The molecule has 0 spiro atoms. The number of hydrogen-bond acceptors (Lipinski definition) is 4. The van der Waals surface area contributed by atoms with Gasteiger partial charge in [-0.05, 0) is 12.1 Å². The Labute approximate surface area is 87.8 Å². The largest absolute Gasteiger partial charge is 0.508 e. The Morgan fingerprint density at radius 1 is 1.27 bits per heavy atom. The van der Waals surface area contributed by atoms with Crippen LogP contribution in [0, 0.1) is 0 Å². The maximum atomic E-state index is 9.30. The quantitative estimate of drug-likeness (QED) is 0.753. The van der Waals surface area contributed by atoms with Gasteiger partial charge in [0.25, 0.3) is 0 Å². The number of ether oxygens (including phenoxy) is 2. The lowest BCUT2D eigenvalue weighted by atomic mass is 10.1. The molecule has 2 N–H and O–H groups in total. The van der Waals surface area contributed by atoms with E-state index in [2.05, 4.69) is 5.32 Å². The normalized spacial score (nSPS) is 24.4. The van der Waals surface area contributed by atoms with Crippen molar-refractivity contribution in [3.05, 3.63) is 23.8 Å². The Morgan fingerprint density at radius 3 is 2.87 bits per heavy atom. The molecular formula is C11H13NO3. The number of fused-ring (bicyclic) bond motifs is 1. The first-order valence-corrected chi connectivity index (χ1v) is 5.12. The minimum atomic E-state index is 0.231. The van der Waals surface area contributed by atoms with Crippen molar-refractivity contribution in [2.24, 2.45) is 0 Å². The Bertz CT molecular complexity index is 376. The van der Waals surface area contributed by atoms with E-state index in [4.69, 9.17) is 9.47 Å². The number of hydrogen-bond donors (Lipinski definition) is 2. The molecule has 4 heteroatoms. The fourth-order valence-electron chi connectivity index (χ4n) is 1.95. The first-order valence-electron chi connectivity index (χ1n) is 5.12. The molecule has 15 heavy (non-hydrogen) atoms. The number of rotatable bonds is 2. The lowest BCUT2D eigenvalue weighted by Gasteiger charge is -2.29. The van der Waals surface area contributed by atoms with Crippen LogP contribution in [0.5, 0.6) is 11.5 Å². The Balaban J connectivity index is 1.78. The van der Waals surface area contributed by atoms with Crippen LogP contribution in [0.4, 0.5) is 0 Å². The second-order valence-corrected chi connectivity index (χ2v) is 3.99. The van der Waals surface area contributed by atoms with Gasteiger partial charge in [0.2, 0.25) is 0 Å². The second kappa shape index (κ2) is 3.40. The highest BCUT2D eigenvalue weighted by atomic mass is 16.5. The van der Waals surface area contributed by atoms with Crippen molar-refractivity contribution in [3.63, 3.8) is 0 Å². The molecule has 1 aromatic carbocycles. The van der Waals surface area contributed by atoms with Gasteiger partial charge in [-0.2, -0.15) is 0 Å². The van der Waals surface area contributed by atoms with Crippen molar-refractivity contribution < 1.29 is 14.6 Å². The van der Waals surface area contributed by atoms with Gasteiger partial charge in [-0.3, -0.25) is 5.32 Å². The van der Waals surface area contributed by atoms with Crippen LogP contribution < -0.4 is 10.1 Å². The van der Waals surface area contributed by atoms with Crippen molar-refractivity contribution in [2.45, 2.75) is 12.1 Å².